The number of aliphatic hydroxyl groups excluding tert-OH is 2. The number of hydrogen-bond acceptors (Lipinski definition) is 8. The summed E-state index contributed by atoms with van der Waals surface area (Å²) in [5.74, 6) is -0.380. The average molecular weight is 681 g/mol. The third kappa shape index (κ3) is 33.4. The molecule has 3 N–H and O–H groups in total. The molecule has 0 rings (SSSR count). The quantitative estimate of drug-likeness (QED) is 0.0333. The van der Waals surface area contributed by atoms with Crippen LogP contribution in [-0.2, 0) is 27.9 Å². The molecule has 3 unspecified atom stereocenters. The van der Waals surface area contributed by atoms with Crippen LogP contribution in [0.4, 0.5) is 0 Å². The predicted molar refractivity (Wildman–Crippen MR) is 187 cm³/mol. The summed E-state index contributed by atoms with van der Waals surface area (Å²) in [5, 5.41) is 18.2. The molecule has 0 fully saturated rings. The van der Waals surface area contributed by atoms with Crippen LogP contribution in [0.2, 0.25) is 0 Å². The van der Waals surface area contributed by atoms with Crippen LogP contribution < -0.4 is 0 Å². The van der Waals surface area contributed by atoms with Gasteiger partial charge in [0.05, 0.1) is 26.4 Å². The zero-order valence-corrected chi connectivity index (χ0v) is 30.7. The predicted octanol–water partition coefficient (Wildman–Crippen LogP) is 9.58. The normalized spacial score (nSPS) is 14.3. The highest BCUT2D eigenvalue weighted by atomic mass is 31.2. The zero-order valence-electron chi connectivity index (χ0n) is 29.8. The van der Waals surface area contributed by atoms with E-state index in [1.54, 1.807) is 0 Å². The number of rotatable bonds is 37. The molecule has 0 saturated carbocycles. The lowest BCUT2D eigenvalue weighted by Gasteiger charge is -2.20. The Hall–Kier alpha value is -0.540. The summed E-state index contributed by atoms with van der Waals surface area (Å²) in [6.07, 6.45) is 29.2. The fourth-order valence-corrected chi connectivity index (χ4v) is 6.15. The molecule has 0 aliphatic carbocycles. The van der Waals surface area contributed by atoms with Gasteiger partial charge in [-0.2, -0.15) is 0 Å². The van der Waals surface area contributed by atoms with Gasteiger partial charge in [0.25, 0.3) is 0 Å². The molecule has 0 heterocycles. The molecule has 0 radical (unpaired) electrons. The van der Waals surface area contributed by atoms with Crippen LogP contribution in [-0.4, -0.2) is 66.3 Å². The smallest absolute Gasteiger partial charge is 0.457 e. The lowest BCUT2D eigenvalue weighted by molar-refractivity contribution is -0.154. The van der Waals surface area contributed by atoms with E-state index in [0.717, 1.165) is 32.1 Å². The molecule has 0 saturated heterocycles. The molecule has 0 bridgehead atoms. The minimum absolute atomic E-state index is 0.0561. The Bertz CT molecular complexity index is 694. The van der Waals surface area contributed by atoms with Gasteiger partial charge in [0, 0.05) is 13.0 Å². The Kier molecular flexibility index (Phi) is 33.9. The van der Waals surface area contributed by atoms with Gasteiger partial charge in [0.2, 0.25) is 0 Å². The molecular formula is C36H73O9P. The van der Waals surface area contributed by atoms with E-state index in [2.05, 4.69) is 13.8 Å². The van der Waals surface area contributed by atoms with Gasteiger partial charge in [-0.3, -0.25) is 13.8 Å². The molecule has 0 aliphatic rings. The fourth-order valence-electron chi connectivity index (χ4n) is 5.36. The van der Waals surface area contributed by atoms with Crippen LogP contribution in [0.15, 0.2) is 0 Å². The van der Waals surface area contributed by atoms with Crippen molar-refractivity contribution in [1.29, 1.82) is 0 Å². The van der Waals surface area contributed by atoms with Gasteiger partial charge in [-0.05, 0) is 12.8 Å². The maximum absolute atomic E-state index is 12.5. The Morgan fingerprint density at radius 2 is 0.978 bits per heavy atom. The van der Waals surface area contributed by atoms with Gasteiger partial charge in [0.15, 0.2) is 0 Å². The molecule has 9 nitrogen and oxygen atoms in total. The first-order valence-corrected chi connectivity index (χ1v) is 20.5. The lowest BCUT2D eigenvalue weighted by Crippen LogP contribution is -2.29. The van der Waals surface area contributed by atoms with E-state index >= 15 is 0 Å². The molecule has 276 valence electrons. The molecule has 0 aromatic heterocycles. The van der Waals surface area contributed by atoms with Crippen molar-refractivity contribution in [3.8, 4) is 0 Å². The van der Waals surface area contributed by atoms with E-state index in [-0.39, 0.29) is 25.6 Å². The van der Waals surface area contributed by atoms with Crippen LogP contribution in [0.1, 0.15) is 181 Å². The van der Waals surface area contributed by atoms with Crippen molar-refractivity contribution in [2.24, 2.45) is 0 Å². The van der Waals surface area contributed by atoms with Crippen LogP contribution in [0.25, 0.3) is 0 Å². The number of carbonyl (C=O) groups is 1. The van der Waals surface area contributed by atoms with Crippen molar-refractivity contribution in [3.05, 3.63) is 0 Å². The summed E-state index contributed by atoms with van der Waals surface area (Å²) in [6, 6.07) is 0. The van der Waals surface area contributed by atoms with E-state index < -0.39 is 33.2 Å². The standard InChI is InChI=1S/C36H73O9P/c1-3-5-7-9-11-13-14-15-16-17-18-19-20-21-22-24-26-28-36(39)45-35(33-44-46(40,41)43-31-34(38)30-37)32-42-29-27-25-23-12-10-8-6-4-2/h34-35,37-38H,3-33H2,1-2H3,(H,40,41). The highest BCUT2D eigenvalue weighted by Gasteiger charge is 2.26. The second-order valence-corrected chi connectivity index (χ2v) is 14.4. The Labute approximate surface area is 282 Å². The number of phosphoric ester groups is 1. The minimum Gasteiger partial charge on any atom is -0.457 e. The van der Waals surface area contributed by atoms with Crippen molar-refractivity contribution in [1.82, 2.24) is 0 Å². The molecule has 0 aliphatic heterocycles. The van der Waals surface area contributed by atoms with Crippen LogP contribution >= 0.6 is 7.82 Å². The molecule has 3 atom stereocenters. The van der Waals surface area contributed by atoms with E-state index in [1.807, 2.05) is 0 Å². The average Bonchev–Trinajstić information content (AvgIpc) is 3.04. The Balaban J connectivity index is 4.11. The molecule has 0 amide bonds. The summed E-state index contributed by atoms with van der Waals surface area (Å²) in [7, 11) is -4.50. The largest absolute Gasteiger partial charge is 0.472 e. The summed E-state index contributed by atoms with van der Waals surface area (Å²) in [6.45, 7) is 3.52. The molecular weight excluding hydrogens is 607 g/mol. The van der Waals surface area contributed by atoms with Crippen LogP contribution in [0.5, 0.6) is 0 Å². The third-order valence-electron chi connectivity index (χ3n) is 8.29. The lowest BCUT2D eigenvalue weighted by atomic mass is 10.0. The van der Waals surface area contributed by atoms with Crippen molar-refractivity contribution >= 4 is 13.8 Å². The van der Waals surface area contributed by atoms with E-state index in [1.165, 1.54) is 128 Å². The van der Waals surface area contributed by atoms with Crippen LogP contribution in [0.3, 0.4) is 0 Å². The SMILES string of the molecule is CCCCCCCCCCCCCCCCCCCC(=O)OC(COCCCCCCCCCC)COP(=O)(O)OCC(O)CO. The molecule has 0 aromatic rings. The zero-order chi connectivity index (χ0) is 34.0. The van der Waals surface area contributed by atoms with E-state index in [0.29, 0.717) is 6.61 Å². The Morgan fingerprint density at radius 3 is 1.41 bits per heavy atom. The van der Waals surface area contributed by atoms with Crippen molar-refractivity contribution < 1.29 is 43.0 Å². The number of hydrogen-bond donors (Lipinski definition) is 3. The number of ether oxygens (including phenoxy) is 2. The molecule has 10 heteroatoms. The summed E-state index contributed by atoms with van der Waals surface area (Å²) < 4.78 is 33.1. The Morgan fingerprint density at radius 1 is 0.587 bits per heavy atom. The van der Waals surface area contributed by atoms with E-state index in [9.17, 15) is 19.4 Å². The van der Waals surface area contributed by atoms with Gasteiger partial charge in [0.1, 0.15) is 12.2 Å². The number of carbonyl (C=O) groups excluding carboxylic acids is 1. The van der Waals surface area contributed by atoms with Gasteiger partial charge in [-0.15, -0.1) is 0 Å². The van der Waals surface area contributed by atoms with Crippen molar-refractivity contribution in [2.45, 2.75) is 193 Å². The van der Waals surface area contributed by atoms with Crippen molar-refractivity contribution in [2.75, 3.05) is 33.0 Å². The molecule has 0 spiro atoms. The van der Waals surface area contributed by atoms with Gasteiger partial charge in [-0.1, -0.05) is 162 Å². The number of unbranched alkanes of at least 4 members (excludes halogenated alkanes) is 23. The minimum atomic E-state index is -4.50. The third-order valence-corrected chi connectivity index (χ3v) is 9.24. The first kappa shape index (κ1) is 45.5. The first-order valence-electron chi connectivity index (χ1n) is 19.0. The van der Waals surface area contributed by atoms with Crippen molar-refractivity contribution in [3.63, 3.8) is 0 Å². The number of phosphoric acid groups is 1. The summed E-state index contributed by atoms with van der Waals surface area (Å²) >= 11 is 0. The van der Waals surface area contributed by atoms with E-state index in [4.69, 9.17) is 23.6 Å². The van der Waals surface area contributed by atoms with Crippen LogP contribution in [0, 0.1) is 0 Å². The maximum Gasteiger partial charge on any atom is 0.472 e. The summed E-state index contributed by atoms with van der Waals surface area (Å²) in [4.78, 5) is 22.4. The molecule has 0 aromatic carbocycles. The second kappa shape index (κ2) is 34.3. The summed E-state index contributed by atoms with van der Waals surface area (Å²) in [5.41, 5.74) is 0. The second-order valence-electron chi connectivity index (χ2n) is 13.0. The maximum atomic E-state index is 12.5. The highest BCUT2D eigenvalue weighted by molar-refractivity contribution is 7.47. The van der Waals surface area contributed by atoms with Gasteiger partial charge < -0.3 is 24.6 Å². The number of esters is 1. The topological polar surface area (TPSA) is 132 Å². The van der Waals surface area contributed by atoms with Gasteiger partial charge in [-0.25, -0.2) is 4.57 Å². The highest BCUT2D eigenvalue weighted by Crippen LogP contribution is 2.43. The monoisotopic (exact) mass is 680 g/mol. The fraction of sp³-hybridized carbons (Fsp3) is 0.972. The van der Waals surface area contributed by atoms with Gasteiger partial charge >= 0.3 is 13.8 Å². The number of aliphatic hydroxyl groups is 2. The molecule has 46 heavy (non-hydrogen) atoms. The first-order chi connectivity index (χ1) is 22.3.